The zero-order valence-corrected chi connectivity index (χ0v) is 13.9. The molecule has 2 rings (SSSR count). The average molecular weight is 354 g/mol. The van der Waals surface area contributed by atoms with E-state index in [1.807, 2.05) is 18.5 Å². The van der Waals surface area contributed by atoms with Crippen LogP contribution in [0.15, 0.2) is 47.2 Å². The Balaban J connectivity index is 2.33. The topological polar surface area (TPSA) is 24.9 Å². The summed E-state index contributed by atoms with van der Waals surface area (Å²) in [6.07, 6.45) is 3.68. The fraction of sp³-hybridized carbons (Fsp3) is 0.312. The molecule has 0 radical (unpaired) electrons. The second-order valence-electron chi connectivity index (χ2n) is 4.78. The van der Waals surface area contributed by atoms with Gasteiger partial charge in [-0.15, -0.1) is 0 Å². The van der Waals surface area contributed by atoms with E-state index in [-0.39, 0.29) is 6.04 Å². The minimum absolute atomic E-state index is 0.246. The Bertz CT molecular complexity index is 560. The van der Waals surface area contributed by atoms with Crippen molar-refractivity contribution in [1.29, 1.82) is 0 Å². The molecule has 2 nitrogen and oxygen atoms in total. The van der Waals surface area contributed by atoms with Crippen LogP contribution in [0.4, 0.5) is 0 Å². The van der Waals surface area contributed by atoms with E-state index in [0.717, 1.165) is 16.0 Å². The van der Waals surface area contributed by atoms with Crippen LogP contribution in [0.2, 0.25) is 5.02 Å². The Morgan fingerprint density at radius 3 is 2.50 bits per heavy atom. The molecule has 0 saturated heterocycles. The molecule has 0 aliphatic heterocycles. The molecule has 0 saturated carbocycles. The van der Waals surface area contributed by atoms with Gasteiger partial charge in [-0.1, -0.05) is 31.5 Å². The van der Waals surface area contributed by atoms with Crippen LogP contribution >= 0.6 is 27.5 Å². The predicted molar refractivity (Wildman–Crippen MR) is 88.2 cm³/mol. The summed E-state index contributed by atoms with van der Waals surface area (Å²) in [6, 6.07) is 10.5. The minimum atomic E-state index is 0.246. The molecule has 0 aliphatic rings. The van der Waals surface area contributed by atoms with E-state index in [2.05, 4.69) is 64.3 Å². The molecule has 2 aromatic rings. The maximum atomic E-state index is 6.08. The summed E-state index contributed by atoms with van der Waals surface area (Å²) < 4.78 is 0.932. The lowest BCUT2D eigenvalue weighted by Crippen LogP contribution is -2.25. The van der Waals surface area contributed by atoms with Crippen molar-refractivity contribution in [2.24, 2.45) is 0 Å². The summed E-state index contributed by atoms with van der Waals surface area (Å²) in [5.41, 5.74) is 2.50. The van der Waals surface area contributed by atoms with Crippen LogP contribution < -0.4 is 5.32 Å². The summed E-state index contributed by atoms with van der Waals surface area (Å²) in [4.78, 5) is 4.09. The summed E-state index contributed by atoms with van der Waals surface area (Å²) in [6.45, 7) is 5.27. The van der Waals surface area contributed by atoms with Gasteiger partial charge in [0.25, 0.3) is 0 Å². The Morgan fingerprint density at radius 1 is 1.20 bits per heavy atom. The Hall–Kier alpha value is -0.900. The Morgan fingerprint density at radius 2 is 1.90 bits per heavy atom. The van der Waals surface area contributed by atoms with Crippen LogP contribution in [0.3, 0.4) is 0 Å². The largest absolute Gasteiger partial charge is 0.310 e. The number of hydrogen-bond acceptors (Lipinski definition) is 2. The fourth-order valence-corrected chi connectivity index (χ4v) is 2.88. The minimum Gasteiger partial charge on any atom is -0.310 e. The lowest BCUT2D eigenvalue weighted by atomic mass is 9.89. The van der Waals surface area contributed by atoms with Gasteiger partial charge in [-0.2, -0.15) is 0 Å². The van der Waals surface area contributed by atoms with Gasteiger partial charge in [0.2, 0.25) is 0 Å². The van der Waals surface area contributed by atoms with E-state index < -0.39 is 0 Å². The van der Waals surface area contributed by atoms with Crippen LogP contribution in [0, 0.1) is 0 Å². The number of halogens is 2. The van der Waals surface area contributed by atoms with Crippen molar-refractivity contribution in [3.63, 3.8) is 0 Å². The third-order valence-electron chi connectivity index (χ3n) is 3.46. The molecule has 1 aromatic heterocycles. The number of benzene rings is 1. The van der Waals surface area contributed by atoms with Gasteiger partial charge in [0.15, 0.2) is 0 Å². The van der Waals surface area contributed by atoms with Crippen molar-refractivity contribution in [3.05, 3.63) is 63.3 Å². The molecule has 1 N–H and O–H groups in total. The van der Waals surface area contributed by atoms with E-state index in [9.17, 15) is 0 Å². The molecule has 20 heavy (non-hydrogen) atoms. The molecular formula is C16H18BrClN2. The average Bonchev–Trinajstić information content (AvgIpc) is 2.48. The second-order valence-corrected chi connectivity index (χ2v) is 6.04. The van der Waals surface area contributed by atoms with Gasteiger partial charge in [0, 0.05) is 28.8 Å². The van der Waals surface area contributed by atoms with Crippen LogP contribution in [0.5, 0.6) is 0 Å². The number of likely N-dealkylation sites (N-methyl/N-ethyl adjacent to an activating group) is 1. The van der Waals surface area contributed by atoms with Crippen molar-refractivity contribution in [3.8, 4) is 0 Å². The summed E-state index contributed by atoms with van der Waals surface area (Å²) in [7, 11) is 0. The van der Waals surface area contributed by atoms with Gasteiger partial charge in [-0.3, -0.25) is 4.98 Å². The van der Waals surface area contributed by atoms with E-state index in [1.165, 1.54) is 11.1 Å². The SMILES string of the molecule is CCNC(c1ccc(Cl)c(Br)c1)C(C)c1ccncc1. The zero-order valence-electron chi connectivity index (χ0n) is 11.6. The highest BCUT2D eigenvalue weighted by Crippen LogP contribution is 2.33. The number of nitrogens with one attached hydrogen (secondary N) is 1. The highest BCUT2D eigenvalue weighted by molar-refractivity contribution is 9.10. The van der Waals surface area contributed by atoms with Crippen LogP contribution in [-0.2, 0) is 0 Å². The molecule has 1 heterocycles. The standard InChI is InChI=1S/C16H18BrClN2/c1-3-20-16(11(2)12-6-8-19-9-7-12)13-4-5-15(18)14(17)10-13/h4-11,16,20H,3H2,1-2H3. The molecule has 1 aromatic carbocycles. The summed E-state index contributed by atoms with van der Waals surface area (Å²) in [5, 5.41) is 4.30. The summed E-state index contributed by atoms with van der Waals surface area (Å²) in [5.74, 6) is 0.353. The molecule has 106 valence electrons. The van der Waals surface area contributed by atoms with Gasteiger partial charge in [0.1, 0.15) is 0 Å². The number of pyridine rings is 1. The van der Waals surface area contributed by atoms with E-state index >= 15 is 0 Å². The number of rotatable bonds is 5. The molecule has 0 amide bonds. The first-order valence-electron chi connectivity index (χ1n) is 6.71. The Kier molecular flexibility index (Phi) is 5.58. The van der Waals surface area contributed by atoms with Crippen LogP contribution in [-0.4, -0.2) is 11.5 Å². The smallest absolute Gasteiger partial charge is 0.0548 e. The molecule has 0 bridgehead atoms. The first-order valence-corrected chi connectivity index (χ1v) is 7.88. The van der Waals surface area contributed by atoms with E-state index in [0.29, 0.717) is 5.92 Å². The fourth-order valence-electron chi connectivity index (χ4n) is 2.37. The quantitative estimate of drug-likeness (QED) is 0.822. The monoisotopic (exact) mass is 352 g/mol. The lowest BCUT2D eigenvalue weighted by Gasteiger charge is -2.26. The van der Waals surface area contributed by atoms with E-state index in [4.69, 9.17) is 11.6 Å². The van der Waals surface area contributed by atoms with Crippen molar-refractivity contribution < 1.29 is 0 Å². The highest BCUT2D eigenvalue weighted by atomic mass is 79.9. The highest BCUT2D eigenvalue weighted by Gasteiger charge is 2.20. The zero-order chi connectivity index (χ0) is 14.5. The van der Waals surface area contributed by atoms with Gasteiger partial charge < -0.3 is 5.32 Å². The van der Waals surface area contributed by atoms with Crippen molar-refractivity contribution in [2.75, 3.05) is 6.54 Å². The van der Waals surface area contributed by atoms with E-state index in [1.54, 1.807) is 0 Å². The molecule has 0 spiro atoms. The number of nitrogens with zero attached hydrogens (tertiary/aromatic N) is 1. The number of hydrogen-bond donors (Lipinski definition) is 1. The maximum Gasteiger partial charge on any atom is 0.0548 e. The molecule has 2 unspecified atom stereocenters. The first kappa shape index (κ1) is 15.5. The molecule has 0 fully saturated rings. The van der Waals surface area contributed by atoms with Gasteiger partial charge in [-0.05, 0) is 57.9 Å². The third kappa shape index (κ3) is 3.60. The third-order valence-corrected chi connectivity index (χ3v) is 4.67. The maximum absolute atomic E-state index is 6.08. The summed E-state index contributed by atoms with van der Waals surface area (Å²) >= 11 is 9.58. The molecular weight excluding hydrogens is 336 g/mol. The predicted octanol–water partition coefficient (Wildman–Crippen LogP) is 4.95. The second kappa shape index (κ2) is 7.21. The van der Waals surface area contributed by atoms with Gasteiger partial charge >= 0.3 is 0 Å². The number of aromatic nitrogens is 1. The van der Waals surface area contributed by atoms with Crippen LogP contribution in [0.25, 0.3) is 0 Å². The Labute approximate surface area is 133 Å². The van der Waals surface area contributed by atoms with Gasteiger partial charge in [0.05, 0.1) is 5.02 Å². The van der Waals surface area contributed by atoms with Crippen molar-refractivity contribution >= 4 is 27.5 Å². The van der Waals surface area contributed by atoms with Crippen molar-refractivity contribution in [1.82, 2.24) is 10.3 Å². The molecule has 2 atom stereocenters. The van der Waals surface area contributed by atoms with Crippen LogP contribution in [0.1, 0.15) is 36.9 Å². The van der Waals surface area contributed by atoms with Crippen molar-refractivity contribution in [2.45, 2.75) is 25.8 Å². The molecule has 4 heteroatoms. The lowest BCUT2D eigenvalue weighted by molar-refractivity contribution is 0.479. The van der Waals surface area contributed by atoms with Gasteiger partial charge in [-0.25, -0.2) is 0 Å². The normalized spacial score (nSPS) is 14.0. The molecule has 0 aliphatic carbocycles. The first-order chi connectivity index (χ1) is 9.63.